The smallest absolute Gasteiger partial charge is 0.253 e. The second-order valence-corrected chi connectivity index (χ2v) is 7.66. The molecule has 144 valence electrons. The number of piperidine rings is 1. The van der Waals surface area contributed by atoms with Crippen LogP contribution in [0.2, 0.25) is 0 Å². The molecule has 0 aliphatic carbocycles. The van der Waals surface area contributed by atoms with E-state index in [0.29, 0.717) is 6.61 Å². The van der Waals surface area contributed by atoms with Gasteiger partial charge in [-0.2, -0.15) is 0 Å². The highest BCUT2D eigenvalue weighted by molar-refractivity contribution is 5.94. The summed E-state index contributed by atoms with van der Waals surface area (Å²) in [7, 11) is 1.68. The van der Waals surface area contributed by atoms with E-state index in [1.807, 2.05) is 29.2 Å². The van der Waals surface area contributed by atoms with Gasteiger partial charge in [0, 0.05) is 44.6 Å². The Balaban J connectivity index is 1.48. The zero-order chi connectivity index (χ0) is 18.6. The second-order valence-electron chi connectivity index (χ2n) is 7.66. The summed E-state index contributed by atoms with van der Waals surface area (Å²) < 4.78 is 7.47. The van der Waals surface area contributed by atoms with Crippen molar-refractivity contribution in [2.75, 3.05) is 20.2 Å². The van der Waals surface area contributed by atoms with Gasteiger partial charge in [0.1, 0.15) is 11.6 Å². The first-order chi connectivity index (χ1) is 13.3. The Labute approximate surface area is 160 Å². The Morgan fingerprint density at radius 1 is 1.11 bits per heavy atom. The lowest BCUT2D eigenvalue weighted by atomic mass is 9.96. The number of aryl methyl sites for hydroxylation is 1. The molecule has 4 rings (SSSR count). The fourth-order valence-electron chi connectivity index (χ4n) is 4.27. The summed E-state index contributed by atoms with van der Waals surface area (Å²) in [4.78, 5) is 15.0. The topological polar surface area (TPSA) is 60.2 Å². The second kappa shape index (κ2) is 8.21. The minimum Gasteiger partial charge on any atom is -0.380 e. The van der Waals surface area contributed by atoms with Crippen molar-refractivity contribution in [3.63, 3.8) is 0 Å². The van der Waals surface area contributed by atoms with Gasteiger partial charge in [-0.05, 0) is 43.4 Å². The highest BCUT2D eigenvalue weighted by Crippen LogP contribution is 2.28. The molecule has 2 aliphatic heterocycles. The number of aromatic nitrogens is 3. The summed E-state index contributed by atoms with van der Waals surface area (Å²) in [5, 5.41) is 8.97. The zero-order valence-electron chi connectivity index (χ0n) is 16.1. The van der Waals surface area contributed by atoms with Crippen LogP contribution in [0.15, 0.2) is 24.3 Å². The van der Waals surface area contributed by atoms with Crippen LogP contribution < -0.4 is 0 Å². The molecule has 3 heterocycles. The number of fused-ring (bicyclic) bond motifs is 1. The average molecular weight is 368 g/mol. The van der Waals surface area contributed by atoms with Crippen molar-refractivity contribution in [1.29, 1.82) is 0 Å². The highest BCUT2D eigenvalue weighted by Gasteiger charge is 2.29. The fraction of sp³-hybridized carbons (Fsp3) is 0.571. The van der Waals surface area contributed by atoms with Crippen LogP contribution in [0.25, 0.3) is 0 Å². The van der Waals surface area contributed by atoms with Crippen molar-refractivity contribution < 1.29 is 9.53 Å². The molecule has 1 aromatic carbocycles. The molecule has 1 atom stereocenters. The maximum atomic E-state index is 13.0. The van der Waals surface area contributed by atoms with Crippen molar-refractivity contribution in [3.05, 3.63) is 47.0 Å². The predicted octanol–water partition coefficient (Wildman–Crippen LogP) is 3.17. The number of ether oxygens (including phenoxy) is 1. The predicted molar refractivity (Wildman–Crippen MR) is 103 cm³/mol. The van der Waals surface area contributed by atoms with Crippen molar-refractivity contribution in [1.82, 2.24) is 19.7 Å². The Morgan fingerprint density at radius 2 is 1.96 bits per heavy atom. The third-order valence-corrected chi connectivity index (χ3v) is 5.72. The highest BCUT2D eigenvalue weighted by atomic mass is 16.5. The van der Waals surface area contributed by atoms with Gasteiger partial charge in [0.2, 0.25) is 0 Å². The van der Waals surface area contributed by atoms with Gasteiger partial charge in [0.25, 0.3) is 5.91 Å². The maximum Gasteiger partial charge on any atom is 0.253 e. The molecule has 1 saturated heterocycles. The number of nitrogens with zero attached hydrogens (tertiary/aromatic N) is 4. The van der Waals surface area contributed by atoms with Crippen LogP contribution in [0.1, 0.15) is 65.6 Å². The molecule has 27 heavy (non-hydrogen) atoms. The molecular formula is C21H28N4O2. The van der Waals surface area contributed by atoms with Crippen molar-refractivity contribution in [2.24, 2.45) is 0 Å². The Kier molecular flexibility index (Phi) is 5.53. The summed E-state index contributed by atoms with van der Waals surface area (Å²) in [6.07, 6.45) is 6.77. The van der Waals surface area contributed by atoms with Gasteiger partial charge < -0.3 is 14.2 Å². The van der Waals surface area contributed by atoms with Gasteiger partial charge in [-0.25, -0.2) is 0 Å². The average Bonchev–Trinajstić information content (AvgIpc) is 2.97. The number of methoxy groups -OCH3 is 1. The van der Waals surface area contributed by atoms with E-state index in [1.165, 1.54) is 19.3 Å². The lowest BCUT2D eigenvalue weighted by Crippen LogP contribution is -2.39. The zero-order valence-corrected chi connectivity index (χ0v) is 16.1. The summed E-state index contributed by atoms with van der Waals surface area (Å²) in [6.45, 7) is 3.13. The number of hydrogen-bond acceptors (Lipinski definition) is 4. The van der Waals surface area contributed by atoms with E-state index in [4.69, 9.17) is 4.74 Å². The molecule has 6 nitrogen and oxygen atoms in total. The number of carbonyl (C=O) groups is 1. The summed E-state index contributed by atoms with van der Waals surface area (Å²) in [5.41, 5.74) is 1.83. The van der Waals surface area contributed by atoms with Crippen molar-refractivity contribution >= 4 is 5.91 Å². The molecule has 1 fully saturated rings. The van der Waals surface area contributed by atoms with Gasteiger partial charge in [-0.1, -0.05) is 18.6 Å². The Morgan fingerprint density at radius 3 is 2.78 bits per heavy atom. The van der Waals surface area contributed by atoms with E-state index in [1.54, 1.807) is 7.11 Å². The number of rotatable bonds is 4. The van der Waals surface area contributed by atoms with Gasteiger partial charge in [0.15, 0.2) is 0 Å². The van der Waals surface area contributed by atoms with E-state index in [9.17, 15) is 4.79 Å². The minimum atomic E-state index is 0.110. The van der Waals surface area contributed by atoms with Crippen LogP contribution in [0.4, 0.5) is 0 Å². The number of likely N-dealkylation sites (tertiary alicyclic amines) is 1. The molecule has 1 unspecified atom stereocenters. The first-order valence-electron chi connectivity index (χ1n) is 10.1. The van der Waals surface area contributed by atoms with Gasteiger partial charge >= 0.3 is 0 Å². The van der Waals surface area contributed by atoms with Crippen molar-refractivity contribution in [2.45, 2.75) is 57.6 Å². The quantitative estimate of drug-likeness (QED) is 0.832. The van der Waals surface area contributed by atoms with Gasteiger partial charge in [-0.15, -0.1) is 10.2 Å². The monoisotopic (exact) mass is 368 g/mol. The number of hydrogen-bond donors (Lipinski definition) is 0. The molecule has 2 aliphatic rings. The fourth-order valence-corrected chi connectivity index (χ4v) is 4.27. The first-order valence-corrected chi connectivity index (χ1v) is 10.1. The van der Waals surface area contributed by atoms with Gasteiger partial charge in [0.05, 0.1) is 6.61 Å². The van der Waals surface area contributed by atoms with E-state index < -0.39 is 0 Å². The van der Waals surface area contributed by atoms with Crippen LogP contribution in [0, 0.1) is 0 Å². The summed E-state index contributed by atoms with van der Waals surface area (Å²) >= 11 is 0. The van der Waals surface area contributed by atoms with Crippen LogP contribution in [0.5, 0.6) is 0 Å². The van der Waals surface area contributed by atoms with Crippen LogP contribution >= 0.6 is 0 Å². The first kappa shape index (κ1) is 18.2. The number of carbonyl (C=O) groups excluding carboxylic acids is 1. The van der Waals surface area contributed by atoms with E-state index in [2.05, 4.69) is 14.8 Å². The van der Waals surface area contributed by atoms with Crippen LogP contribution in [-0.4, -0.2) is 45.8 Å². The third-order valence-electron chi connectivity index (χ3n) is 5.72. The summed E-state index contributed by atoms with van der Waals surface area (Å²) in [5.74, 6) is 2.61. The van der Waals surface area contributed by atoms with Crippen molar-refractivity contribution in [3.8, 4) is 0 Å². The molecule has 1 aromatic heterocycles. The lowest BCUT2D eigenvalue weighted by molar-refractivity contribution is 0.0703. The van der Waals surface area contributed by atoms with E-state index in [-0.39, 0.29) is 11.8 Å². The largest absolute Gasteiger partial charge is 0.380 e. The third kappa shape index (κ3) is 3.90. The molecule has 6 heteroatoms. The lowest BCUT2D eigenvalue weighted by Gasteiger charge is -2.32. The van der Waals surface area contributed by atoms with Crippen LogP contribution in [0.3, 0.4) is 0 Å². The normalized spacial score (nSPS) is 20.2. The van der Waals surface area contributed by atoms with Crippen LogP contribution in [-0.2, 0) is 24.3 Å². The molecule has 0 spiro atoms. The Bertz CT molecular complexity index is 784. The SMILES string of the molecule is COCc1ccc(C(=O)N2CCCC(c3nnc4n3CCCCC4)C2)cc1. The van der Waals surface area contributed by atoms with E-state index >= 15 is 0 Å². The molecule has 0 radical (unpaired) electrons. The molecular weight excluding hydrogens is 340 g/mol. The number of amides is 1. The van der Waals surface area contributed by atoms with Gasteiger partial charge in [-0.3, -0.25) is 4.79 Å². The minimum absolute atomic E-state index is 0.110. The number of benzene rings is 1. The van der Waals surface area contributed by atoms with E-state index in [0.717, 1.165) is 61.7 Å². The molecule has 0 bridgehead atoms. The maximum absolute atomic E-state index is 13.0. The molecule has 0 N–H and O–H groups in total. The molecule has 1 amide bonds. The molecule has 2 aromatic rings. The molecule has 0 saturated carbocycles. The standard InChI is InChI=1S/C21H28N4O2/c1-27-15-16-8-10-17(11-9-16)21(26)24-12-5-6-18(14-24)20-23-22-19-7-3-2-4-13-25(19)20/h8-11,18H,2-7,12-15H2,1H3. The Hall–Kier alpha value is -2.21. The summed E-state index contributed by atoms with van der Waals surface area (Å²) in [6, 6.07) is 7.75.